The van der Waals surface area contributed by atoms with Crippen molar-refractivity contribution in [2.75, 3.05) is 0 Å². The number of nitriles is 1. The van der Waals surface area contributed by atoms with Crippen LogP contribution < -0.4 is 10.2 Å². The molecule has 0 saturated carbocycles. The van der Waals surface area contributed by atoms with Gasteiger partial charge in [0.05, 0.1) is 11.6 Å². The number of carbonyl (C=O) groups excluding carboxylic acids is 2. The predicted molar refractivity (Wildman–Crippen MR) is 78.5 cm³/mol. The van der Waals surface area contributed by atoms with Crippen molar-refractivity contribution < 1.29 is 43.8 Å². The maximum Gasteiger partial charge on any atom is 4.00 e. The number of nitrogens with zero attached hydrogens (tertiary/aromatic N) is 2. The van der Waals surface area contributed by atoms with Crippen LogP contribution in [0.4, 0.5) is 0 Å². The Morgan fingerprint density at radius 1 is 1.00 bits per heavy atom. The largest absolute Gasteiger partial charge is 4.00 e. The van der Waals surface area contributed by atoms with E-state index in [-0.39, 0.29) is 47.1 Å². The Balaban J connectivity index is -0.000000121. The molecule has 7 nitrogen and oxygen atoms in total. The number of hydrogen-bond donors (Lipinski definition) is 0. The van der Waals surface area contributed by atoms with Crippen LogP contribution >= 0.6 is 0 Å². The topological polar surface area (TPSA) is 145 Å². The summed E-state index contributed by atoms with van der Waals surface area (Å²) >= 11 is 0. The minimum atomic E-state index is -0.187. The van der Waals surface area contributed by atoms with E-state index in [4.69, 9.17) is 5.26 Å². The van der Waals surface area contributed by atoms with Crippen LogP contribution in [0.5, 0.6) is 0 Å². The number of allylic oxidation sites excluding steroid dienone is 4. The van der Waals surface area contributed by atoms with E-state index in [2.05, 4.69) is 4.98 Å². The fourth-order valence-corrected chi connectivity index (χ4v) is 0.999. The van der Waals surface area contributed by atoms with Crippen molar-refractivity contribution in [3.05, 3.63) is 53.8 Å². The molecular formula is C16H18N2O5V. The van der Waals surface area contributed by atoms with Crippen LogP contribution in [0.1, 0.15) is 33.3 Å². The van der Waals surface area contributed by atoms with Crippen molar-refractivity contribution in [2.45, 2.75) is 27.7 Å². The molecule has 0 aliphatic rings. The van der Waals surface area contributed by atoms with Crippen molar-refractivity contribution in [2.24, 2.45) is 0 Å². The fraction of sp³-hybridized carbons (Fsp3) is 0.250. The molecule has 24 heavy (non-hydrogen) atoms. The Kier molecular flexibility index (Phi) is 23.0. The molecule has 0 fully saturated rings. The molecule has 1 aromatic rings. The van der Waals surface area contributed by atoms with Gasteiger partial charge in [-0.2, -0.15) is 5.26 Å². The summed E-state index contributed by atoms with van der Waals surface area (Å²) in [4.78, 5) is 23.7. The van der Waals surface area contributed by atoms with Crippen LogP contribution in [-0.4, -0.2) is 16.6 Å². The average molecular weight is 369 g/mol. The van der Waals surface area contributed by atoms with Crippen molar-refractivity contribution in [1.29, 1.82) is 5.26 Å². The quantitative estimate of drug-likeness (QED) is 0.548. The van der Waals surface area contributed by atoms with Crippen molar-refractivity contribution in [3.63, 3.8) is 0 Å². The predicted octanol–water partition coefficient (Wildman–Crippen LogP) is 0.511. The van der Waals surface area contributed by atoms with E-state index in [0.717, 1.165) is 12.2 Å². The maximum atomic E-state index is 9.98. The first kappa shape index (κ1) is 29.6. The molecule has 8 heteroatoms. The minimum Gasteiger partial charge on any atom is -2.00 e. The van der Waals surface area contributed by atoms with Gasteiger partial charge in [0.1, 0.15) is 0 Å². The summed E-state index contributed by atoms with van der Waals surface area (Å²) in [5, 5.41) is 28.2. The van der Waals surface area contributed by atoms with E-state index >= 15 is 0 Å². The van der Waals surface area contributed by atoms with Gasteiger partial charge in [0.2, 0.25) is 0 Å². The van der Waals surface area contributed by atoms with E-state index < -0.39 is 0 Å². The van der Waals surface area contributed by atoms with Crippen LogP contribution in [0.25, 0.3) is 0 Å². The Morgan fingerprint density at radius 2 is 1.33 bits per heavy atom. The first-order valence-corrected chi connectivity index (χ1v) is 6.21. The fourth-order valence-electron chi connectivity index (χ4n) is 0.999. The maximum absolute atomic E-state index is 9.98. The molecule has 0 bridgehead atoms. The molecule has 0 amide bonds. The number of carbonyl (C=O) groups is 2. The molecule has 127 valence electrons. The van der Waals surface area contributed by atoms with Crippen molar-refractivity contribution in [3.8, 4) is 6.07 Å². The number of rotatable bonds is 2. The summed E-state index contributed by atoms with van der Waals surface area (Å²) in [6.45, 7) is 5.39. The molecule has 0 aliphatic carbocycles. The van der Waals surface area contributed by atoms with Crippen molar-refractivity contribution >= 4 is 11.6 Å². The van der Waals surface area contributed by atoms with E-state index in [0.29, 0.717) is 5.56 Å². The molecule has 0 saturated heterocycles. The molecule has 1 aromatic heterocycles. The Hall–Kier alpha value is -2.40. The van der Waals surface area contributed by atoms with Crippen molar-refractivity contribution in [1.82, 2.24) is 4.98 Å². The van der Waals surface area contributed by atoms with Crippen LogP contribution in [0.3, 0.4) is 0 Å². The van der Waals surface area contributed by atoms with E-state index in [1.165, 1.54) is 27.7 Å². The zero-order valence-corrected chi connectivity index (χ0v) is 15.2. The molecule has 0 aliphatic heterocycles. The van der Waals surface area contributed by atoms with E-state index in [1.807, 2.05) is 6.07 Å². The summed E-state index contributed by atoms with van der Waals surface area (Å²) in [5.41, 5.74) is 0.653. The third kappa shape index (κ3) is 27.9. The van der Waals surface area contributed by atoms with E-state index in [1.54, 1.807) is 24.5 Å². The number of aromatic nitrogens is 1. The SMILES string of the molecule is CC(=O)/C=C(/C)[O-].CC(=O)/C=C(/C)[O-].N#Cc1ccncc1.[O-2].[V+4]. The standard InChI is InChI=1S/C6H4N2.2C5H8O2.O.V/c7-5-6-1-3-8-4-2-6;2*1-4(6)3-5(2)7;;/h1-4H;2*3,6H,1-2H3;;/q;;;-2;+4/p-2/b;2*4-3-;;. The monoisotopic (exact) mass is 369 g/mol. The Labute approximate surface area is 153 Å². The van der Waals surface area contributed by atoms with Gasteiger partial charge >= 0.3 is 18.6 Å². The second kappa shape index (κ2) is 18.7. The van der Waals surface area contributed by atoms with Crippen LogP contribution in [0.2, 0.25) is 0 Å². The smallest absolute Gasteiger partial charge is 2.00 e. The number of ketones is 2. The van der Waals surface area contributed by atoms with E-state index in [9.17, 15) is 19.8 Å². The number of pyridine rings is 1. The van der Waals surface area contributed by atoms with Gasteiger partial charge in [-0.15, -0.1) is 11.5 Å². The molecule has 1 rings (SSSR count). The van der Waals surface area contributed by atoms with Gasteiger partial charge in [0, 0.05) is 12.4 Å². The Bertz CT molecular complexity index is 542. The summed E-state index contributed by atoms with van der Waals surface area (Å²) < 4.78 is 0. The second-order valence-corrected chi connectivity index (χ2v) is 4.08. The first-order chi connectivity index (χ1) is 10.2. The average Bonchev–Trinajstić information content (AvgIpc) is 2.38. The molecule has 0 unspecified atom stereocenters. The molecule has 1 radical (unpaired) electrons. The van der Waals surface area contributed by atoms with Gasteiger partial charge < -0.3 is 15.7 Å². The third-order valence-electron chi connectivity index (χ3n) is 1.62. The van der Waals surface area contributed by atoms with Gasteiger partial charge in [-0.1, -0.05) is 13.8 Å². The summed E-state index contributed by atoms with van der Waals surface area (Å²) in [6, 6.07) is 5.32. The molecule has 0 atom stereocenters. The normalized spacial score (nSPS) is 9.29. The van der Waals surface area contributed by atoms with Gasteiger partial charge in [-0.3, -0.25) is 14.6 Å². The second-order valence-electron chi connectivity index (χ2n) is 4.08. The summed E-state index contributed by atoms with van der Waals surface area (Å²) in [5.74, 6) is -0.750. The van der Waals surface area contributed by atoms with Gasteiger partial charge in [-0.05, 0) is 38.1 Å². The molecule has 1 heterocycles. The molecule has 0 N–H and O–H groups in total. The van der Waals surface area contributed by atoms with Crippen LogP contribution in [0, 0.1) is 11.3 Å². The summed E-state index contributed by atoms with van der Waals surface area (Å²) in [6.07, 6.45) is 5.30. The molecule has 0 aromatic carbocycles. The Morgan fingerprint density at radius 3 is 1.46 bits per heavy atom. The zero-order valence-electron chi connectivity index (χ0n) is 13.8. The molecular weight excluding hydrogens is 351 g/mol. The van der Waals surface area contributed by atoms with Crippen LogP contribution in [0.15, 0.2) is 48.2 Å². The first-order valence-electron chi connectivity index (χ1n) is 6.21. The zero-order chi connectivity index (χ0) is 17.5. The molecule has 0 spiro atoms. The van der Waals surface area contributed by atoms with Crippen LogP contribution in [-0.2, 0) is 33.6 Å². The van der Waals surface area contributed by atoms with Gasteiger partial charge in [0.25, 0.3) is 0 Å². The minimum absolute atomic E-state index is 0. The third-order valence-corrected chi connectivity index (χ3v) is 1.62. The number of hydrogen-bond acceptors (Lipinski definition) is 6. The van der Waals surface area contributed by atoms with Gasteiger partial charge in [0.15, 0.2) is 11.6 Å². The van der Waals surface area contributed by atoms with Gasteiger partial charge in [-0.25, -0.2) is 0 Å². The summed E-state index contributed by atoms with van der Waals surface area (Å²) in [7, 11) is 0.